The molecule has 0 bridgehead atoms. The lowest BCUT2D eigenvalue weighted by Crippen LogP contribution is -2.24. The summed E-state index contributed by atoms with van der Waals surface area (Å²) in [6.07, 6.45) is 4.14. The van der Waals surface area contributed by atoms with Gasteiger partial charge in [0.25, 0.3) is 0 Å². The molecule has 1 heterocycles. The van der Waals surface area contributed by atoms with Gasteiger partial charge in [-0.1, -0.05) is 47.1 Å². The maximum atomic E-state index is 12.1. The summed E-state index contributed by atoms with van der Waals surface area (Å²) in [6.45, 7) is 4.85. The number of thioether (sulfide) groups is 1. The number of rotatable bonds is 8. The predicted octanol–water partition coefficient (Wildman–Crippen LogP) is 4.06. The fourth-order valence-corrected chi connectivity index (χ4v) is 3.49. The number of hydrogen-bond acceptors (Lipinski definition) is 4. The minimum Gasteiger partial charge on any atom is -0.351 e. The van der Waals surface area contributed by atoms with Gasteiger partial charge in [0.2, 0.25) is 5.91 Å². The van der Waals surface area contributed by atoms with Gasteiger partial charge in [-0.15, -0.1) is 16.8 Å². The molecule has 0 radical (unpaired) electrons. The van der Waals surface area contributed by atoms with Crippen LogP contribution in [-0.2, 0) is 17.9 Å². The summed E-state index contributed by atoms with van der Waals surface area (Å²) in [4.78, 5) is 12.1. The zero-order valence-electron chi connectivity index (χ0n) is 13.5. The highest BCUT2D eigenvalue weighted by Gasteiger charge is 2.30. The molecule has 0 aliphatic heterocycles. The Hall–Kier alpha value is -1.50. The van der Waals surface area contributed by atoms with E-state index in [4.69, 9.17) is 23.2 Å². The molecule has 0 unspecified atom stereocenters. The first-order valence-corrected chi connectivity index (χ1v) is 9.70. The quantitative estimate of drug-likeness (QED) is 0.539. The number of hydrogen-bond donors (Lipinski definition) is 1. The molecule has 1 fully saturated rings. The van der Waals surface area contributed by atoms with E-state index >= 15 is 0 Å². The van der Waals surface area contributed by atoms with E-state index in [-0.39, 0.29) is 11.7 Å². The molecule has 1 aliphatic rings. The first-order chi connectivity index (χ1) is 12.1. The molecule has 0 spiro atoms. The zero-order chi connectivity index (χ0) is 17.8. The van der Waals surface area contributed by atoms with Gasteiger partial charge >= 0.3 is 0 Å². The molecule has 0 atom stereocenters. The Balaban J connectivity index is 1.53. The van der Waals surface area contributed by atoms with Crippen LogP contribution in [0.15, 0.2) is 36.0 Å². The highest BCUT2D eigenvalue weighted by molar-refractivity contribution is 7.99. The van der Waals surface area contributed by atoms with Gasteiger partial charge in [-0.25, -0.2) is 0 Å². The Morgan fingerprint density at radius 1 is 1.36 bits per heavy atom. The molecule has 3 rings (SSSR count). The summed E-state index contributed by atoms with van der Waals surface area (Å²) in [6, 6.07) is 5.31. The number of carbonyl (C=O) groups is 1. The molecule has 5 nitrogen and oxygen atoms in total. The Labute approximate surface area is 160 Å². The lowest BCUT2D eigenvalue weighted by Gasteiger charge is -2.08. The topological polar surface area (TPSA) is 59.8 Å². The Bertz CT molecular complexity index is 789. The Morgan fingerprint density at radius 3 is 2.84 bits per heavy atom. The van der Waals surface area contributed by atoms with Crippen molar-refractivity contribution in [1.29, 1.82) is 0 Å². The second-order valence-corrected chi connectivity index (χ2v) is 7.59. The van der Waals surface area contributed by atoms with Crippen molar-refractivity contribution in [3.63, 3.8) is 0 Å². The van der Waals surface area contributed by atoms with Gasteiger partial charge in [0.05, 0.1) is 15.8 Å². The fraction of sp³-hybridized carbons (Fsp3) is 0.353. The van der Waals surface area contributed by atoms with Crippen LogP contribution in [-0.4, -0.2) is 26.4 Å². The lowest BCUT2D eigenvalue weighted by atomic mass is 10.2. The number of nitrogens with zero attached hydrogens (tertiary/aromatic N) is 3. The van der Waals surface area contributed by atoms with Gasteiger partial charge in [0, 0.05) is 19.0 Å². The third-order valence-electron chi connectivity index (χ3n) is 3.81. The monoisotopic (exact) mass is 396 g/mol. The lowest BCUT2D eigenvalue weighted by molar-refractivity contribution is -0.118. The third kappa shape index (κ3) is 4.77. The van der Waals surface area contributed by atoms with Gasteiger partial charge < -0.3 is 9.88 Å². The highest BCUT2D eigenvalue weighted by atomic mass is 35.5. The van der Waals surface area contributed by atoms with Crippen molar-refractivity contribution in [2.75, 3.05) is 5.75 Å². The van der Waals surface area contributed by atoms with Crippen molar-refractivity contribution < 1.29 is 4.79 Å². The smallest absolute Gasteiger partial charge is 0.230 e. The average molecular weight is 397 g/mol. The molecular formula is C17H18Cl2N4OS. The van der Waals surface area contributed by atoms with E-state index in [9.17, 15) is 4.79 Å². The van der Waals surface area contributed by atoms with Crippen LogP contribution in [0.4, 0.5) is 0 Å². The number of halogens is 2. The minimum absolute atomic E-state index is 0.0720. The number of aromatic nitrogens is 3. The van der Waals surface area contributed by atoms with Crippen LogP contribution in [0.2, 0.25) is 10.0 Å². The molecule has 8 heteroatoms. The third-order valence-corrected chi connectivity index (χ3v) is 5.51. The largest absolute Gasteiger partial charge is 0.351 e. The fourth-order valence-electron chi connectivity index (χ4n) is 2.38. The molecule has 1 N–H and O–H groups in total. The van der Waals surface area contributed by atoms with Crippen LogP contribution in [0, 0.1) is 0 Å². The van der Waals surface area contributed by atoms with Gasteiger partial charge in [-0.05, 0) is 30.5 Å². The van der Waals surface area contributed by atoms with Crippen LogP contribution < -0.4 is 5.32 Å². The van der Waals surface area contributed by atoms with Crippen LogP contribution >= 0.6 is 35.0 Å². The van der Waals surface area contributed by atoms with Crippen LogP contribution in [0.5, 0.6) is 0 Å². The van der Waals surface area contributed by atoms with Crippen molar-refractivity contribution in [2.45, 2.75) is 37.0 Å². The van der Waals surface area contributed by atoms with E-state index in [0.29, 0.717) is 29.1 Å². The molecule has 1 aliphatic carbocycles. The molecule has 1 aromatic heterocycles. The SMILES string of the molecule is C=CCn1c(SCC(=O)NCc2ccc(Cl)c(Cl)c2)nnc1C1CC1. The number of nitrogens with one attached hydrogen (secondary N) is 1. The van der Waals surface area contributed by atoms with Gasteiger partial charge in [0.1, 0.15) is 5.82 Å². The minimum atomic E-state index is -0.0720. The summed E-state index contributed by atoms with van der Waals surface area (Å²) in [5.41, 5.74) is 0.901. The maximum absolute atomic E-state index is 12.1. The normalized spacial score (nSPS) is 13.7. The van der Waals surface area contributed by atoms with Crippen molar-refractivity contribution >= 4 is 40.9 Å². The number of allylic oxidation sites excluding steroid dienone is 1. The van der Waals surface area contributed by atoms with Crippen LogP contribution in [0.3, 0.4) is 0 Å². The summed E-state index contributed by atoms with van der Waals surface area (Å²) >= 11 is 13.2. The highest BCUT2D eigenvalue weighted by Crippen LogP contribution is 2.40. The standard InChI is InChI=1S/C17H18Cl2N4OS/c1-2-7-23-16(12-4-5-12)21-22-17(23)25-10-15(24)20-9-11-3-6-13(18)14(19)8-11/h2-3,6,8,12H,1,4-5,7,9-10H2,(H,20,24). The molecule has 1 aromatic carbocycles. The van der Waals surface area contributed by atoms with E-state index in [1.54, 1.807) is 12.1 Å². The Kier molecular flexibility index (Phi) is 6.04. The molecule has 1 saturated carbocycles. The van der Waals surface area contributed by atoms with E-state index in [2.05, 4.69) is 22.1 Å². The Morgan fingerprint density at radius 2 is 2.16 bits per heavy atom. The molecule has 1 amide bonds. The maximum Gasteiger partial charge on any atom is 0.230 e. The van der Waals surface area contributed by atoms with Crippen molar-refractivity contribution in [1.82, 2.24) is 20.1 Å². The van der Waals surface area contributed by atoms with E-state index in [0.717, 1.165) is 29.4 Å². The van der Waals surface area contributed by atoms with E-state index in [1.165, 1.54) is 11.8 Å². The van der Waals surface area contributed by atoms with Crippen molar-refractivity contribution in [2.24, 2.45) is 0 Å². The number of benzene rings is 1. The number of amides is 1. The van der Waals surface area contributed by atoms with Crippen LogP contribution in [0.1, 0.15) is 30.1 Å². The van der Waals surface area contributed by atoms with Crippen molar-refractivity contribution in [3.05, 3.63) is 52.3 Å². The summed E-state index contributed by atoms with van der Waals surface area (Å²) in [7, 11) is 0. The summed E-state index contributed by atoms with van der Waals surface area (Å²) < 4.78 is 2.04. The van der Waals surface area contributed by atoms with Gasteiger partial charge in [0.15, 0.2) is 5.16 Å². The molecule has 132 valence electrons. The first kappa shape index (κ1) is 18.3. The van der Waals surface area contributed by atoms with Gasteiger partial charge in [-0.3, -0.25) is 4.79 Å². The van der Waals surface area contributed by atoms with Gasteiger partial charge in [-0.2, -0.15) is 0 Å². The van der Waals surface area contributed by atoms with Crippen LogP contribution in [0.25, 0.3) is 0 Å². The van der Waals surface area contributed by atoms with E-state index in [1.807, 2.05) is 16.7 Å². The van der Waals surface area contributed by atoms with Crippen molar-refractivity contribution in [3.8, 4) is 0 Å². The summed E-state index contributed by atoms with van der Waals surface area (Å²) in [5.74, 6) is 1.71. The molecule has 2 aromatic rings. The first-order valence-electron chi connectivity index (χ1n) is 7.96. The predicted molar refractivity (Wildman–Crippen MR) is 101 cm³/mol. The molecule has 0 saturated heterocycles. The number of carbonyl (C=O) groups excluding carboxylic acids is 1. The summed E-state index contributed by atoms with van der Waals surface area (Å²) in [5, 5.41) is 13.1. The zero-order valence-corrected chi connectivity index (χ0v) is 15.9. The molecular weight excluding hydrogens is 379 g/mol. The average Bonchev–Trinajstić information content (AvgIpc) is 3.36. The van der Waals surface area contributed by atoms with E-state index < -0.39 is 0 Å². The second kappa shape index (κ2) is 8.25. The molecule has 25 heavy (non-hydrogen) atoms. The second-order valence-electron chi connectivity index (χ2n) is 5.83.